The number of rotatable bonds is 1. The highest BCUT2D eigenvalue weighted by atomic mass is 16.3. The molecule has 5 atom stereocenters. The van der Waals surface area contributed by atoms with Crippen molar-refractivity contribution in [3.05, 3.63) is 48.0 Å². The molecule has 1 N–H and O–H groups in total. The Hall–Kier alpha value is -1.34. The standard InChI is InChI=1S/C23H28O/c24-23(20-15-7-9-16-8-1-2-10-17(16)20)21-13-5-3-11-18(21)19-12-4-6-14-22(19)23/h1-2,7-10,15,18-19,21-22,24H,3-6,11-14H2/t18-,19+,21-,22-,23?/m1/s1. The smallest absolute Gasteiger partial charge is 0.0964 e. The lowest BCUT2D eigenvalue weighted by atomic mass is 9.69. The Labute approximate surface area is 145 Å². The van der Waals surface area contributed by atoms with Crippen molar-refractivity contribution in [2.24, 2.45) is 23.7 Å². The molecule has 0 spiro atoms. The third-order valence-corrected chi connectivity index (χ3v) is 7.54. The Morgan fingerprint density at radius 3 is 2.00 bits per heavy atom. The van der Waals surface area contributed by atoms with Gasteiger partial charge < -0.3 is 5.11 Å². The molecule has 0 aromatic heterocycles. The summed E-state index contributed by atoms with van der Waals surface area (Å²) in [5, 5.41) is 14.8. The van der Waals surface area contributed by atoms with Crippen molar-refractivity contribution in [2.45, 2.75) is 57.0 Å². The molecule has 0 bridgehead atoms. The van der Waals surface area contributed by atoms with Crippen molar-refractivity contribution < 1.29 is 5.11 Å². The third kappa shape index (κ3) is 1.97. The van der Waals surface area contributed by atoms with Crippen LogP contribution < -0.4 is 0 Å². The molecule has 2 aromatic carbocycles. The van der Waals surface area contributed by atoms with Gasteiger partial charge in [-0.2, -0.15) is 0 Å². The molecule has 1 nitrogen and oxygen atoms in total. The van der Waals surface area contributed by atoms with Crippen LogP contribution in [0.3, 0.4) is 0 Å². The molecule has 1 unspecified atom stereocenters. The van der Waals surface area contributed by atoms with Crippen LogP contribution in [0.5, 0.6) is 0 Å². The number of benzene rings is 2. The van der Waals surface area contributed by atoms with Crippen LogP contribution in [-0.4, -0.2) is 5.11 Å². The molecule has 0 amide bonds. The lowest BCUT2D eigenvalue weighted by Crippen LogP contribution is -2.40. The maximum absolute atomic E-state index is 12.3. The van der Waals surface area contributed by atoms with Gasteiger partial charge in [0.2, 0.25) is 0 Å². The van der Waals surface area contributed by atoms with E-state index in [-0.39, 0.29) is 0 Å². The first-order valence-corrected chi connectivity index (χ1v) is 10.0. The highest BCUT2D eigenvalue weighted by Gasteiger charge is 2.60. The van der Waals surface area contributed by atoms with Crippen LogP contribution in [0.1, 0.15) is 56.9 Å². The fraction of sp³-hybridized carbons (Fsp3) is 0.565. The second kappa shape index (κ2) is 5.59. The van der Waals surface area contributed by atoms with Crippen molar-refractivity contribution in [1.82, 2.24) is 0 Å². The summed E-state index contributed by atoms with van der Waals surface area (Å²) in [5.41, 5.74) is 0.628. The molecule has 2 aromatic rings. The molecule has 1 heteroatoms. The van der Waals surface area contributed by atoms with E-state index in [1.54, 1.807) is 0 Å². The highest BCUT2D eigenvalue weighted by Crippen LogP contribution is 2.63. The normalized spacial score (nSPS) is 38.7. The molecule has 3 fully saturated rings. The first-order valence-electron chi connectivity index (χ1n) is 10.0. The van der Waals surface area contributed by atoms with Gasteiger partial charge >= 0.3 is 0 Å². The Balaban J connectivity index is 1.71. The van der Waals surface area contributed by atoms with E-state index < -0.39 is 5.60 Å². The van der Waals surface area contributed by atoms with E-state index >= 15 is 0 Å². The summed E-state index contributed by atoms with van der Waals surface area (Å²) in [7, 11) is 0. The zero-order valence-electron chi connectivity index (χ0n) is 14.5. The summed E-state index contributed by atoms with van der Waals surface area (Å²) in [5.74, 6) is 2.47. The Kier molecular flexibility index (Phi) is 3.49. The second-order valence-corrected chi connectivity index (χ2v) is 8.46. The largest absolute Gasteiger partial charge is 0.385 e. The van der Waals surface area contributed by atoms with Crippen molar-refractivity contribution in [2.75, 3.05) is 0 Å². The molecule has 0 aliphatic heterocycles. The lowest BCUT2D eigenvalue weighted by molar-refractivity contribution is -0.0638. The molecule has 3 aliphatic rings. The Bertz CT molecular complexity index is 721. The van der Waals surface area contributed by atoms with Crippen LogP contribution in [0.15, 0.2) is 42.5 Å². The third-order valence-electron chi connectivity index (χ3n) is 7.54. The van der Waals surface area contributed by atoms with E-state index in [2.05, 4.69) is 42.5 Å². The summed E-state index contributed by atoms with van der Waals surface area (Å²) < 4.78 is 0. The Morgan fingerprint density at radius 1 is 0.708 bits per heavy atom. The van der Waals surface area contributed by atoms with Gasteiger partial charge in [0, 0.05) is 0 Å². The van der Waals surface area contributed by atoms with Gasteiger partial charge in [0.15, 0.2) is 0 Å². The van der Waals surface area contributed by atoms with E-state index in [4.69, 9.17) is 0 Å². The minimum atomic E-state index is -0.600. The summed E-state index contributed by atoms with van der Waals surface area (Å²) >= 11 is 0. The predicted molar refractivity (Wildman–Crippen MR) is 98.7 cm³/mol. The van der Waals surface area contributed by atoms with E-state index in [0.717, 1.165) is 11.8 Å². The van der Waals surface area contributed by atoms with Crippen molar-refractivity contribution >= 4 is 10.8 Å². The van der Waals surface area contributed by atoms with Gasteiger partial charge in [-0.05, 0) is 65.7 Å². The van der Waals surface area contributed by atoms with Crippen molar-refractivity contribution in [3.8, 4) is 0 Å². The SMILES string of the molecule is OC1(c2cccc3ccccc23)[C@@H]2CCCC[C@@H]2[C@@H]2CCCC[C@H]21. The predicted octanol–water partition coefficient (Wildman–Crippen LogP) is 5.65. The molecule has 3 saturated carbocycles. The zero-order chi connectivity index (χ0) is 16.1. The molecule has 126 valence electrons. The lowest BCUT2D eigenvalue weighted by Gasteiger charge is -2.40. The minimum absolute atomic E-state index is 0.477. The number of hydrogen-bond donors (Lipinski definition) is 1. The van der Waals surface area contributed by atoms with Crippen LogP contribution in [-0.2, 0) is 5.60 Å². The molecule has 3 aliphatic carbocycles. The quantitative estimate of drug-likeness (QED) is 0.719. The van der Waals surface area contributed by atoms with Gasteiger partial charge in [0.1, 0.15) is 0 Å². The maximum atomic E-state index is 12.3. The number of hydrogen-bond acceptors (Lipinski definition) is 1. The van der Waals surface area contributed by atoms with Gasteiger partial charge in [-0.1, -0.05) is 68.1 Å². The topological polar surface area (TPSA) is 20.2 Å². The number of fused-ring (bicyclic) bond motifs is 4. The van der Waals surface area contributed by atoms with Crippen LogP contribution >= 0.6 is 0 Å². The second-order valence-electron chi connectivity index (χ2n) is 8.46. The van der Waals surface area contributed by atoms with Crippen molar-refractivity contribution in [1.29, 1.82) is 0 Å². The molecular formula is C23H28O. The first kappa shape index (κ1) is 15.0. The molecule has 24 heavy (non-hydrogen) atoms. The summed E-state index contributed by atoms with van der Waals surface area (Å²) in [6, 6.07) is 15.2. The van der Waals surface area contributed by atoms with Crippen LogP contribution in [0.4, 0.5) is 0 Å². The van der Waals surface area contributed by atoms with Gasteiger partial charge in [-0.15, -0.1) is 0 Å². The Morgan fingerprint density at radius 2 is 1.29 bits per heavy atom. The number of aliphatic hydroxyl groups is 1. The van der Waals surface area contributed by atoms with E-state index in [1.165, 1.54) is 67.7 Å². The van der Waals surface area contributed by atoms with Gasteiger partial charge in [-0.25, -0.2) is 0 Å². The molecular weight excluding hydrogens is 292 g/mol. The molecule has 0 saturated heterocycles. The van der Waals surface area contributed by atoms with Crippen LogP contribution in [0.2, 0.25) is 0 Å². The molecule has 0 heterocycles. The molecule has 5 rings (SSSR count). The van der Waals surface area contributed by atoms with E-state index in [0.29, 0.717) is 11.8 Å². The average Bonchev–Trinajstić information content (AvgIpc) is 2.92. The fourth-order valence-electron chi connectivity index (χ4n) is 6.69. The molecule has 0 radical (unpaired) electrons. The van der Waals surface area contributed by atoms with Crippen molar-refractivity contribution in [3.63, 3.8) is 0 Å². The zero-order valence-corrected chi connectivity index (χ0v) is 14.5. The summed E-state index contributed by atoms with van der Waals surface area (Å²) in [6.07, 6.45) is 10.5. The summed E-state index contributed by atoms with van der Waals surface area (Å²) in [4.78, 5) is 0. The van der Waals surface area contributed by atoms with Crippen LogP contribution in [0, 0.1) is 23.7 Å². The summed E-state index contributed by atoms with van der Waals surface area (Å²) in [6.45, 7) is 0. The van der Waals surface area contributed by atoms with Gasteiger partial charge in [0.25, 0.3) is 0 Å². The highest BCUT2D eigenvalue weighted by molar-refractivity contribution is 5.86. The van der Waals surface area contributed by atoms with Gasteiger partial charge in [0.05, 0.1) is 5.60 Å². The van der Waals surface area contributed by atoms with E-state index in [1.807, 2.05) is 0 Å². The fourth-order valence-corrected chi connectivity index (χ4v) is 6.69. The van der Waals surface area contributed by atoms with E-state index in [9.17, 15) is 5.11 Å². The minimum Gasteiger partial charge on any atom is -0.385 e. The monoisotopic (exact) mass is 320 g/mol. The van der Waals surface area contributed by atoms with Crippen LogP contribution in [0.25, 0.3) is 10.8 Å². The first-order chi connectivity index (χ1) is 11.8. The van der Waals surface area contributed by atoms with Gasteiger partial charge in [-0.3, -0.25) is 0 Å². The maximum Gasteiger partial charge on any atom is 0.0964 e. The average molecular weight is 320 g/mol.